The Kier molecular flexibility index (Phi) is 5.53. The van der Waals surface area contributed by atoms with Crippen molar-refractivity contribution in [3.05, 3.63) is 48.0 Å². The topological polar surface area (TPSA) is 96.0 Å². The molecular formula is C17H18NO6S-. The minimum Gasteiger partial charge on any atom is -0.548 e. The van der Waals surface area contributed by atoms with Crippen molar-refractivity contribution in [3.8, 4) is 11.5 Å². The zero-order valence-corrected chi connectivity index (χ0v) is 14.9. The van der Waals surface area contributed by atoms with Crippen LogP contribution in [0.1, 0.15) is 5.56 Å². The molecule has 0 fully saturated rings. The molecule has 0 aliphatic heterocycles. The number of carboxylic acid groups (broad SMARTS) is 1. The van der Waals surface area contributed by atoms with Gasteiger partial charge in [-0.25, -0.2) is 8.42 Å². The monoisotopic (exact) mass is 364 g/mol. The van der Waals surface area contributed by atoms with E-state index in [-0.39, 0.29) is 16.3 Å². The maximum Gasteiger partial charge on any atom is 0.264 e. The predicted octanol–water partition coefficient (Wildman–Crippen LogP) is 0.957. The third kappa shape index (κ3) is 4.03. The summed E-state index contributed by atoms with van der Waals surface area (Å²) in [5, 5.41) is 11.1. The summed E-state index contributed by atoms with van der Waals surface area (Å²) in [6.45, 7) is 0.995. The predicted molar refractivity (Wildman–Crippen MR) is 90.3 cm³/mol. The van der Waals surface area contributed by atoms with Crippen LogP contribution in [0.25, 0.3) is 0 Å². The van der Waals surface area contributed by atoms with Crippen molar-refractivity contribution >= 4 is 21.7 Å². The fourth-order valence-electron chi connectivity index (χ4n) is 2.25. The third-order valence-electron chi connectivity index (χ3n) is 3.54. The lowest BCUT2D eigenvalue weighted by Gasteiger charge is -2.25. The standard InChI is InChI=1S/C17H19NO6S/c1-12-4-7-14(8-5-12)25(21,22)18(11-17(19)20)13-6-9-15(23-2)16(10-13)24-3/h4-10H,11H2,1-3H3,(H,19,20)/p-1. The zero-order chi connectivity index (χ0) is 18.6. The van der Waals surface area contributed by atoms with E-state index in [2.05, 4.69) is 0 Å². The van der Waals surface area contributed by atoms with E-state index in [0.29, 0.717) is 5.75 Å². The summed E-state index contributed by atoms with van der Waals surface area (Å²) in [6, 6.07) is 10.5. The molecule has 0 bridgehead atoms. The first-order valence-corrected chi connectivity index (χ1v) is 8.75. The van der Waals surface area contributed by atoms with Gasteiger partial charge in [0.25, 0.3) is 10.0 Å². The van der Waals surface area contributed by atoms with Crippen LogP contribution < -0.4 is 18.9 Å². The molecule has 0 radical (unpaired) electrons. The lowest BCUT2D eigenvalue weighted by Crippen LogP contribution is -2.41. The Morgan fingerprint density at radius 3 is 2.16 bits per heavy atom. The summed E-state index contributed by atoms with van der Waals surface area (Å²) in [5.41, 5.74) is 1.01. The molecule has 2 rings (SSSR count). The number of rotatable bonds is 7. The number of benzene rings is 2. The third-order valence-corrected chi connectivity index (χ3v) is 5.32. The number of sulfonamides is 1. The molecule has 0 aromatic heterocycles. The molecule has 2 aromatic carbocycles. The molecule has 0 heterocycles. The summed E-state index contributed by atoms with van der Waals surface area (Å²) >= 11 is 0. The van der Waals surface area contributed by atoms with E-state index in [9.17, 15) is 18.3 Å². The lowest BCUT2D eigenvalue weighted by molar-refractivity contribution is -0.303. The first kappa shape index (κ1) is 18.6. The number of hydrogen-bond donors (Lipinski definition) is 0. The Balaban J connectivity index is 2.56. The highest BCUT2D eigenvalue weighted by atomic mass is 32.2. The van der Waals surface area contributed by atoms with E-state index in [1.54, 1.807) is 12.1 Å². The smallest absolute Gasteiger partial charge is 0.264 e. The second kappa shape index (κ2) is 7.43. The van der Waals surface area contributed by atoms with Crippen molar-refractivity contribution in [1.82, 2.24) is 0 Å². The van der Waals surface area contributed by atoms with Crippen LogP contribution in [0.3, 0.4) is 0 Å². The van der Waals surface area contributed by atoms with Gasteiger partial charge in [0.2, 0.25) is 0 Å². The average molecular weight is 364 g/mol. The van der Waals surface area contributed by atoms with Gasteiger partial charge in [0, 0.05) is 6.07 Å². The Hall–Kier alpha value is -2.74. The number of methoxy groups -OCH3 is 2. The maximum absolute atomic E-state index is 12.9. The van der Waals surface area contributed by atoms with Crippen molar-refractivity contribution < 1.29 is 27.8 Å². The van der Waals surface area contributed by atoms with E-state index in [1.807, 2.05) is 6.92 Å². The van der Waals surface area contributed by atoms with Crippen molar-refractivity contribution in [2.24, 2.45) is 0 Å². The quantitative estimate of drug-likeness (QED) is 0.726. The first-order chi connectivity index (χ1) is 11.8. The second-order valence-electron chi connectivity index (χ2n) is 5.24. The summed E-state index contributed by atoms with van der Waals surface area (Å²) in [7, 11) is -1.25. The Bertz CT molecular complexity index is 861. The van der Waals surface area contributed by atoms with Gasteiger partial charge in [-0.3, -0.25) is 4.31 Å². The summed E-state index contributed by atoms with van der Waals surface area (Å²) in [4.78, 5) is 11.1. The Labute approximate surface area is 146 Å². The SMILES string of the molecule is COc1ccc(N(CC(=O)[O-])S(=O)(=O)c2ccc(C)cc2)cc1OC. The molecule has 25 heavy (non-hydrogen) atoms. The molecule has 0 aliphatic rings. The molecular weight excluding hydrogens is 346 g/mol. The molecule has 8 heteroatoms. The molecule has 2 aromatic rings. The van der Waals surface area contributed by atoms with Crippen LogP contribution in [0.15, 0.2) is 47.4 Å². The fraction of sp³-hybridized carbons (Fsp3) is 0.235. The van der Waals surface area contributed by atoms with Gasteiger partial charge in [-0.15, -0.1) is 0 Å². The number of carboxylic acids is 1. The van der Waals surface area contributed by atoms with E-state index >= 15 is 0 Å². The normalized spacial score (nSPS) is 11.0. The van der Waals surface area contributed by atoms with Crippen LogP contribution in [0.5, 0.6) is 11.5 Å². The van der Waals surface area contributed by atoms with E-state index in [0.717, 1.165) is 9.87 Å². The molecule has 0 amide bonds. The van der Waals surface area contributed by atoms with Gasteiger partial charge in [0.05, 0.1) is 37.3 Å². The number of anilines is 1. The lowest BCUT2D eigenvalue weighted by atomic mass is 10.2. The van der Waals surface area contributed by atoms with Crippen LogP contribution in [-0.2, 0) is 14.8 Å². The highest BCUT2D eigenvalue weighted by Crippen LogP contribution is 2.33. The molecule has 0 unspecified atom stereocenters. The van der Waals surface area contributed by atoms with Gasteiger partial charge >= 0.3 is 0 Å². The number of nitrogens with zero attached hydrogens (tertiary/aromatic N) is 1. The number of carbonyl (C=O) groups excluding carboxylic acids is 1. The largest absolute Gasteiger partial charge is 0.548 e. The van der Waals surface area contributed by atoms with E-state index < -0.39 is 22.5 Å². The summed E-state index contributed by atoms with van der Waals surface area (Å²) < 4.78 is 36.8. The van der Waals surface area contributed by atoms with Gasteiger partial charge in [0.1, 0.15) is 0 Å². The highest BCUT2D eigenvalue weighted by molar-refractivity contribution is 7.92. The molecule has 0 N–H and O–H groups in total. The second-order valence-corrected chi connectivity index (χ2v) is 7.10. The summed E-state index contributed by atoms with van der Waals surface area (Å²) in [6.07, 6.45) is 0. The average Bonchev–Trinajstić information content (AvgIpc) is 2.59. The number of aliphatic carboxylic acids is 1. The van der Waals surface area contributed by atoms with Crippen molar-refractivity contribution in [2.45, 2.75) is 11.8 Å². The maximum atomic E-state index is 12.9. The van der Waals surface area contributed by atoms with Crippen molar-refractivity contribution in [2.75, 3.05) is 25.1 Å². The fourth-order valence-corrected chi connectivity index (χ4v) is 3.65. The number of aryl methyl sites for hydroxylation is 1. The van der Waals surface area contributed by atoms with Gasteiger partial charge in [-0.1, -0.05) is 17.7 Å². The molecule has 0 saturated heterocycles. The van der Waals surface area contributed by atoms with Gasteiger partial charge in [-0.2, -0.15) is 0 Å². The molecule has 7 nitrogen and oxygen atoms in total. The van der Waals surface area contributed by atoms with Crippen LogP contribution in [0.2, 0.25) is 0 Å². The Morgan fingerprint density at radius 2 is 1.64 bits per heavy atom. The Morgan fingerprint density at radius 1 is 1.04 bits per heavy atom. The van der Waals surface area contributed by atoms with Crippen molar-refractivity contribution in [1.29, 1.82) is 0 Å². The number of hydrogen-bond acceptors (Lipinski definition) is 6. The zero-order valence-electron chi connectivity index (χ0n) is 14.1. The van der Waals surface area contributed by atoms with E-state index in [1.165, 1.54) is 44.6 Å². The van der Waals surface area contributed by atoms with Crippen LogP contribution in [0.4, 0.5) is 5.69 Å². The van der Waals surface area contributed by atoms with Crippen LogP contribution in [-0.4, -0.2) is 35.2 Å². The first-order valence-electron chi connectivity index (χ1n) is 7.31. The molecule has 0 atom stereocenters. The number of carbonyl (C=O) groups is 1. The van der Waals surface area contributed by atoms with Gasteiger partial charge in [-0.05, 0) is 31.2 Å². The van der Waals surface area contributed by atoms with Crippen LogP contribution >= 0.6 is 0 Å². The highest BCUT2D eigenvalue weighted by Gasteiger charge is 2.26. The minimum atomic E-state index is -4.09. The van der Waals surface area contributed by atoms with Crippen molar-refractivity contribution in [3.63, 3.8) is 0 Å². The van der Waals surface area contributed by atoms with Gasteiger partial charge in [0.15, 0.2) is 11.5 Å². The summed E-state index contributed by atoms with van der Waals surface area (Å²) in [5.74, 6) is -0.847. The molecule has 134 valence electrons. The molecule has 0 saturated carbocycles. The van der Waals surface area contributed by atoms with Gasteiger partial charge < -0.3 is 19.4 Å². The number of ether oxygens (including phenoxy) is 2. The van der Waals surface area contributed by atoms with E-state index in [4.69, 9.17) is 9.47 Å². The van der Waals surface area contributed by atoms with Crippen LogP contribution in [0, 0.1) is 6.92 Å². The molecule has 0 spiro atoms. The minimum absolute atomic E-state index is 0.0193. The molecule has 0 aliphatic carbocycles.